The van der Waals surface area contributed by atoms with Crippen molar-refractivity contribution in [3.05, 3.63) is 89.5 Å². The van der Waals surface area contributed by atoms with E-state index in [1.54, 1.807) is 19.1 Å². The molecule has 0 fully saturated rings. The predicted molar refractivity (Wildman–Crippen MR) is 133 cm³/mol. The second-order valence-electron chi connectivity index (χ2n) is 8.61. The highest BCUT2D eigenvalue weighted by atomic mass is 16.5. The summed E-state index contributed by atoms with van der Waals surface area (Å²) in [6.07, 6.45) is -0.909. The first-order valence-corrected chi connectivity index (χ1v) is 11.6. The minimum absolute atomic E-state index is 0.00424. The molecular formula is C28H28N2O5. The number of hydrogen-bond donors (Lipinski definition) is 2. The number of carbonyl (C=O) groups is 3. The lowest BCUT2D eigenvalue weighted by Crippen LogP contribution is -2.48. The average molecular weight is 473 g/mol. The van der Waals surface area contributed by atoms with E-state index in [0.717, 1.165) is 27.8 Å². The maximum absolute atomic E-state index is 13.2. The first-order valence-electron chi connectivity index (χ1n) is 11.6. The van der Waals surface area contributed by atoms with Crippen LogP contribution in [0.2, 0.25) is 0 Å². The van der Waals surface area contributed by atoms with Crippen molar-refractivity contribution in [1.29, 1.82) is 0 Å². The summed E-state index contributed by atoms with van der Waals surface area (Å²) in [7, 11) is 0. The third-order valence-electron chi connectivity index (χ3n) is 6.27. The number of anilines is 1. The molecule has 1 aliphatic carbocycles. The van der Waals surface area contributed by atoms with Gasteiger partial charge in [0.25, 0.3) is 0 Å². The average Bonchev–Trinajstić information content (AvgIpc) is 3.17. The molecule has 35 heavy (non-hydrogen) atoms. The summed E-state index contributed by atoms with van der Waals surface area (Å²) in [5, 5.41) is 11.7. The Labute approximate surface area is 204 Å². The minimum Gasteiger partial charge on any atom is -0.481 e. The van der Waals surface area contributed by atoms with Crippen LogP contribution in [-0.2, 0) is 14.3 Å². The minimum atomic E-state index is -1.01. The van der Waals surface area contributed by atoms with Gasteiger partial charge in [0, 0.05) is 18.2 Å². The van der Waals surface area contributed by atoms with Crippen molar-refractivity contribution in [2.24, 2.45) is 0 Å². The lowest BCUT2D eigenvalue weighted by Gasteiger charge is -2.27. The van der Waals surface area contributed by atoms with E-state index in [4.69, 9.17) is 9.84 Å². The molecular weight excluding hydrogens is 444 g/mol. The first-order chi connectivity index (χ1) is 16.9. The Hall–Kier alpha value is -4.13. The van der Waals surface area contributed by atoms with E-state index < -0.39 is 24.0 Å². The molecule has 0 radical (unpaired) electrons. The van der Waals surface area contributed by atoms with Crippen LogP contribution in [0.1, 0.15) is 36.0 Å². The molecule has 2 N–H and O–H groups in total. The summed E-state index contributed by atoms with van der Waals surface area (Å²) in [4.78, 5) is 38.4. The molecule has 0 saturated carbocycles. The van der Waals surface area contributed by atoms with Crippen molar-refractivity contribution >= 4 is 23.7 Å². The van der Waals surface area contributed by atoms with E-state index in [0.29, 0.717) is 5.69 Å². The predicted octanol–water partition coefficient (Wildman–Crippen LogP) is 4.73. The van der Waals surface area contributed by atoms with Crippen molar-refractivity contribution in [3.8, 4) is 11.1 Å². The number of para-hydroxylation sites is 1. The molecule has 180 valence electrons. The summed E-state index contributed by atoms with van der Waals surface area (Å²) >= 11 is 0. The van der Waals surface area contributed by atoms with Crippen molar-refractivity contribution in [1.82, 2.24) is 5.32 Å². The standard InChI is InChI=1S/C28H28N2O5/c1-18-9-3-8-14-25(18)30(16-15-26(31)32)27(33)19(2)29-28(34)35-17-24-22-12-6-4-10-20(22)21-11-5-7-13-23(21)24/h3-14,19,24H,15-17H2,1-2H3,(H,29,34)(H,31,32)/t19-/m1/s1. The number of nitrogens with one attached hydrogen (secondary N) is 1. The van der Waals surface area contributed by atoms with Crippen LogP contribution in [0.25, 0.3) is 11.1 Å². The Morgan fingerprint density at radius 1 is 0.943 bits per heavy atom. The molecule has 1 atom stereocenters. The van der Waals surface area contributed by atoms with E-state index in [9.17, 15) is 14.4 Å². The number of carboxylic acids is 1. The number of nitrogens with zero attached hydrogens (tertiary/aromatic N) is 1. The van der Waals surface area contributed by atoms with Gasteiger partial charge in [0.2, 0.25) is 5.91 Å². The molecule has 4 rings (SSSR count). The number of aryl methyl sites for hydroxylation is 1. The summed E-state index contributed by atoms with van der Waals surface area (Å²) in [5.74, 6) is -1.50. The summed E-state index contributed by atoms with van der Waals surface area (Å²) in [6.45, 7) is 3.55. The van der Waals surface area contributed by atoms with Crippen LogP contribution >= 0.6 is 0 Å². The summed E-state index contributed by atoms with van der Waals surface area (Å²) < 4.78 is 5.55. The molecule has 0 bridgehead atoms. The van der Waals surface area contributed by atoms with Crippen LogP contribution in [0.3, 0.4) is 0 Å². The first kappa shape index (κ1) is 24.0. The third kappa shape index (κ3) is 5.19. The molecule has 7 heteroatoms. The van der Waals surface area contributed by atoms with Gasteiger partial charge in [-0.05, 0) is 47.7 Å². The fourth-order valence-corrected chi connectivity index (χ4v) is 4.54. The highest BCUT2D eigenvalue weighted by Crippen LogP contribution is 2.44. The van der Waals surface area contributed by atoms with Crippen molar-refractivity contribution in [2.75, 3.05) is 18.1 Å². The lowest BCUT2D eigenvalue weighted by atomic mass is 9.98. The molecule has 0 unspecified atom stereocenters. The maximum atomic E-state index is 13.2. The molecule has 0 aromatic heterocycles. The molecule has 2 amide bonds. The third-order valence-corrected chi connectivity index (χ3v) is 6.27. The molecule has 7 nitrogen and oxygen atoms in total. The Morgan fingerprint density at radius 3 is 2.11 bits per heavy atom. The molecule has 0 aliphatic heterocycles. The van der Waals surface area contributed by atoms with Crippen LogP contribution in [0.15, 0.2) is 72.8 Å². The smallest absolute Gasteiger partial charge is 0.407 e. The molecule has 0 heterocycles. The van der Waals surface area contributed by atoms with Crippen molar-refractivity contribution in [3.63, 3.8) is 0 Å². The topological polar surface area (TPSA) is 95.9 Å². The van der Waals surface area contributed by atoms with Gasteiger partial charge in [-0.15, -0.1) is 0 Å². The highest BCUT2D eigenvalue weighted by molar-refractivity contribution is 5.99. The SMILES string of the molecule is Cc1ccccc1N(CCC(=O)O)C(=O)[C@@H](C)NC(=O)OCC1c2ccccc2-c2ccccc21. The number of carboxylic acid groups (broad SMARTS) is 1. The van der Waals surface area contributed by atoms with Gasteiger partial charge in [-0.2, -0.15) is 0 Å². The molecule has 0 saturated heterocycles. The number of hydrogen-bond acceptors (Lipinski definition) is 4. The Bertz CT molecular complexity index is 1210. The van der Waals surface area contributed by atoms with E-state index in [1.165, 1.54) is 4.90 Å². The second kappa shape index (κ2) is 10.4. The van der Waals surface area contributed by atoms with E-state index in [-0.39, 0.29) is 25.5 Å². The van der Waals surface area contributed by atoms with Gasteiger partial charge in [-0.3, -0.25) is 9.59 Å². The zero-order valence-electron chi connectivity index (χ0n) is 19.7. The Morgan fingerprint density at radius 2 is 1.51 bits per heavy atom. The Balaban J connectivity index is 1.43. The maximum Gasteiger partial charge on any atom is 0.407 e. The monoisotopic (exact) mass is 472 g/mol. The number of amides is 2. The quantitative estimate of drug-likeness (QED) is 0.494. The number of fused-ring (bicyclic) bond motifs is 3. The van der Waals surface area contributed by atoms with Gasteiger partial charge >= 0.3 is 12.1 Å². The lowest BCUT2D eigenvalue weighted by molar-refractivity contribution is -0.136. The van der Waals surface area contributed by atoms with Gasteiger partial charge in [0.05, 0.1) is 6.42 Å². The van der Waals surface area contributed by atoms with Crippen molar-refractivity contribution < 1.29 is 24.2 Å². The second-order valence-corrected chi connectivity index (χ2v) is 8.61. The van der Waals surface area contributed by atoms with Gasteiger partial charge in [0.15, 0.2) is 0 Å². The number of rotatable bonds is 8. The summed E-state index contributed by atoms with van der Waals surface area (Å²) in [6, 6.07) is 22.4. The van der Waals surface area contributed by atoms with Gasteiger partial charge < -0.3 is 20.1 Å². The number of ether oxygens (including phenoxy) is 1. The Kier molecular flexibility index (Phi) is 7.15. The number of alkyl carbamates (subject to hydrolysis) is 1. The zero-order chi connectivity index (χ0) is 24.9. The molecule has 3 aromatic carbocycles. The number of aliphatic carboxylic acids is 1. The molecule has 0 spiro atoms. The van der Waals surface area contributed by atoms with Crippen LogP contribution < -0.4 is 10.2 Å². The fourth-order valence-electron chi connectivity index (χ4n) is 4.54. The van der Waals surface area contributed by atoms with Gasteiger partial charge in [-0.25, -0.2) is 4.79 Å². The van der Waals surface area contributed by atoms with E-state index >= 15 is 0 Å². The van der Waals surface area contributed by atoms with E-state index in [1.807, 2.05) is 55.5 Å². The van der Waals surface area contributed by atoms with Crippen LogP contribution in [0.4, 0.5) is 10.5 Å². The van der Waals surface area contributed by atoms with E-state index in [2.05, 4.69) is 17.4 Å². The highest BCUT2D eigenvalue weighted by Gasteiger charge is 2.30. The number of carbonyl (C=O) groups excluding carboxylic acids is 2. The van der Waals surface area contributed by atoms with Crippen LogP contribution in [0.5, 0.6) is 0 Å². The fraction of sp³-hybridized carbons (Fsp3) is 0.250. The normalized spacial score (nSPS) is 12.9. The zero-order valence-corrected chi connectivity index (χ0v) is 19.7. The molecule has 1 aliphatic rings. The summed E-state index contributed by atoms with van der Waals surface area (Å²) in [5.41, 5.74) is 5.91. The van der Waals surface area contributed by atoms with Crippen molar-refractivity contribution in [2.45, 2.75) is 32.2 Å². The largest absolute Gasteiger partial charge is 0.481 e. The molecule has 3 aromatic rings. The number of benzene rings is 3. The van der Waals surface area contributed by atoms with Crippen LogP contribution in [-0.4, -0.2) is 42.3 Å². The van der Waals surface area contributed by atoms with Gasteiger partial charge in [-0.1, -0.05) is 66.7 Å². The van der Waals surface area contributed by atoms with Gasteiger partial charge in [0.1, 0.15) is 12.6 Å². The van der Waals surface area contributed by atoms with Crippen LogP contribution in [0, 0.1) is 6.92 Å².